The second-order valence-electron chi connectivity index (χ2n) is 13.3. The Bertz CT molecular complexity index is 2130. The van der Waals surface area contributed by atoms with Gasteiger partial charge < -0.3 is 19.1 Å². The van der Waals surface area contributed by atoms with Crippen molar-refractivity contribution >= 4 is 23.1 Å². The zero-order valence-corrected chi connectivity index (χ0v) is 27.4. The van der Waals surface area contributed by atoms with Gasteiger partial charge in [0.05, 0.1) is 29.3 Å². The molecule has 0 amide bonds. The molecule has 0 saturated heterocycles. The van der Waals surface area contributed by atoms with Crippen LogP contribution in [-0.2, 0) is 29.4 Å². The molecular weight excluding hydrogens is 595 g/mol. The van der Waals surface area contributed by atoms with Crippen LogP contribution in [0.2, 0.25) is 0 Å². The molecule has 4 aromatic heterocycles. The van der Waals surface area contributed by atoms with E-state index in [-0.39, 0.29) is 5.75 Å². The molecule has 7 rings (SSSR count). The van der Waals surface area contributed by atoms with E-state index >= 15 is 4.39 Å². The van der Waals surface area contributed by atoms with Crippen LogP contribution in [0.5, 0.6) is 5.75 Å². The molecule has 0 saturated carbocycles. The monoisotopic (exact) mass is 632 g/mol. The highest BCUT2D eigenvalue weighted by molar-refractivity contribution is 6.01. The highest BCUT2D eigenvalue weighted by Crippen LogP contribution is 2.45. The molecule has 9 heteroatoms. The smallest absolute Gasteiger partial charge is 0.337 e. The molecule has 1 N–H and O–H groups in total. The maximum Gasteiger partial charge on any atom is 0.337 e. The van der Waals surface area contributed by atoms with E-state index in [1.165, 1.54) is 6.07 Å². The predicted molar refractivity (Wildman–Crippen MR) is 180 cm³/mol. The molecule has 5 aromatic rings. The number of hydrogen-bond acceptors (Lipinski definition) is 6. The number of carbonyl (C=O) groups is 1. The fraction of sp³-hybridized carbons (Fsp3) is 0.316. The Balaban J connectivity index is 1.48. The summed E-state index contributed by atoms with van der Waals surface area (Å²) in [7, 11) is 1.93. The van der Waals surface area contributed by atoms with E-state index in [0.29, 0.717) is 46.4 Å². The fourth-order valence-corrected chi connectivity index (χ4v) is 6.86. The van der Waals surface area contributed by atoms with Gasteiger partial charge >= 0.3 is 5.97 Å². The number of carboxylic acids is 1. The van der Waals surface area contributed by atoms with Crippen molar-refractivity contribution in [3.05, 3.63) is 88.3 Å². The zero-order chi connectivity index (χ0) is 33.2. The van der Waals surface area contributed by atoms with Gasteiger partial charge in [0, 0.05) is 64.8 Å². The number of rotatable bonds is 6. The molecule has 5 heterocycles. The number of aromatic nitrogens is 4. The second kappa shape index (κ2) is 11.4. The molecular formula is C38H37FN4O4. The van der Waals surface area contributed by atoms with E-state index in [2.05, 4.69) is 28.2 Å². The lowest BCUT2D eigenvalue weighted by Crippen LogP contribution is -2.28. The largest absolute Gasteiger partial charge is 0.490 e. The Morgan fingerprint density at radius 2 is 1.94 bits per heavy atom. The number of aryl methyl sites for hydroxylation is 2. The van der Waals surface area contributed by atoms with Gasteiger partial charge in [-0.2, -0.15) is 0 Å². The first-order chi connectivity index (χ1) is 22.4. The minimum Gasteiger partial charge on any atom is -0.490 e. The first-order valence-corrected chi connectivity index (χ1v) is 15.9. The summed E-state index contributed by atoms with van der Waals surface area (Å²) >= 11 is 0. The fourth-order valence-electron chi connectivity index (χ4n) is 6.86. The average Bonchev–Trinajstić information content (AvgIpc) is 3.64. The van der Waals surface area contributed by atoms with Crippen LogP contribution in [0.25, 0.3) is 50.8 Å². The Kier molecular flexibility index (Phi) is 7.47. The lowest BCUT2D eigenvalue weighted by molar-refractivity contribution is -0.160. The van der Waals surface area contributed by atoms with Crippen LogP contribution in [0.1, 0.15) is 66.9 Å². The minimum absolute atomic E-state index is 0.274. The van der Waals surface area contributed by atoms with Crippen LogP contribution in [0.3, 0.4) is 0 Å². The molecule has 0 spiro atoms. The molecule has 0 fully saturated rings. The van der Waals surface area contributed by atoms with Crippen molar-refractivity contribution in [3.63, 3.8) is 0 Å². The zero-order valence-electron chi connectivity index (χ0n) is 27.4. The lowest BCUT2D eigenvalue weighted by Gasteiger charge is -2.29. The molecule has 47 heavy (non-hydrogen) atoms. The molecule has 1 atom stereocenters. The number of aliphatic carboxylic acids is 1. The molecule has 240 valence electrons. The molecule has 1 aliphatic heterocycles. The molecule has 0 unspecified atom stereocenters. The average molecular weight is 633 g/mol. The molecule has 1 aliphatic carbocycles. The maximum atomic E-state index is 15.8. The van der Waals surface area contributed by atoms with Crippen LogP contribution in [0.4, 0.5) is 4.39 Å². The summed E-state index contributed by atoms with van der Waals surface area (Å²) in [5.74, 6) is -1.33. The third kappa shape index (κ3) is 5.38. The Labute approximate surface area is 272 Å². The van der Waals surface area contributed by atoms with Crippen LogP contribution in [0.15, 0.2) is 48.8 Å². The van der Waals surface area contributed by atoms with Gasteiger partial charge in [0.1, 0.15) is 5.65 Å². The molecule has 1 aromatic carbocycles. The Hall–Kier alpha value is -4.89. The number of hydrogen-bond donors (Lipinski definition) is 1. The van der Waals surface area contributed by atoms with Gasteiger partial charge in [0.2, 0.25) is 0 Å². The van der Waals surface area contributed by atoms with Crippen LogP contribution < -0.4 is 4.74 Å². The number of carboxylic acid groups (broad SMARTS) is 1. The van der Waals surface area contributed by atoms with E-state index in [1.807, 2.05) is 63.7 Å². The van der Waals surface area contributed by atoms with Gasteiger partial charge in [-0.25, -0.2) is 14.2 Å². The molecule has 0 radical (unpaired) electrons. The summed E-state index contributed by atoms with van der Waals surface area (Å²) in [5.41, 5.74) is 9.23. The Morgan fingerprint density at radius 1 is 1.13 bits per heavy atom. The normalized spacial score (nSPS) is 14.6. The highest BCUT2D eigenvalue weighted by atomic mass is 19.1. The van der Waals surface area contributed by atoms with Crippen molar-refractivity contribution in [1.82, 2.24) is 19.5 Å². The van der Waals surface area contributed by atoms with Crippen molar-refractivity contribution in [1.29, 1.82) is 0 Å². The topological polar surface area (TPSA) is 99.4 Å². The van der Waals surface area contributed by atoms with E-state index in [0.717, 1.165) is 57.7 Å². The van der Waals surface area contributed by atoms with E-state index in [1.54, 1.807) is 13.1 Å². The number of halogens is 1. The third-order valence-electron chi connectivity index (χ3n) is 9.03. The van der Waals surface area contributed by atoms with Crippen LogP contribution >= 0.6 is 0 Å². The van der Waals surface area contributed by atoms with Crippen LogP contribution in [0, 0.1) is 19.7 Å². The Morgan fingerprint density at radius 3 is 2.70 bits per heavy atom. The summed E-state index contributed by atoms with van der Waals surface area (Å²) in [6, 6.07) is 9.54. The predicted octanol–water partition coefficient (Wildman–Crippen LogP) is 7.96. The van der Waals surface area contributed by atoms with Gasteiger partial charge in [0.15, 0.2) is 17.7 Å². The SMILES string of the molecule is Cc1nc2c(cc(-c3ccnc(-c4cnc5c(c4)C=CC5)c3)n2C)c(-c2cc(F)c3c(c2C)CCCO3)c1[C@H](OC(C)(C)C)C(=O)O. The molecule has 8 nitrogen and oxygen atoms in total. The first kappa shape index (κ1) is 30.7. The number of pyridine rings is 3. The van der Waals surface area contributed by atoms with Crippen molar-refractivity contribution in [2.75, 3.05) is 6.61 Å². The minimum atomic E-state index is -1.34. The van der Waals surface area contributed by atoms with E-state index in [9.17, 15) is 9.90 Å². The molecule has 0 bridgehead atoms. The van der Waals surface area contributed by atoms with E-state index < -0.39 is 23.5 Å². The van der Waals surface area contributed by atoms with Gasteiger partial charge in [-0.1, -0.05) is 12.2 Å². The summed E-state index contributed by atoms with van der Waals surface area (Å²) in [4.78, 5) is 27.2. The molecule has 2 aliphatic rings. The van der Waals surface area contributed by atoms with Gasteiger partial charge in [0.25, 0.3) is 0 Å². The van der Waals surface area contributed by atoms with Crippen LogP contribution in [-0.4, -0.2) is 42.8 Å². The van der Waals surface area contributed by atoms with Crippen molar-refractivity contribution in [2.24, 2.45) is 7.05 Å². The summed E-state index contributed by atoms with van der Waals surface area (Å²) in [6.45, 7) is 9.66. The maximum absolute atomic E-state index is 15.8. The van der Waals surface area contributed by atoms with E-state index in [4.69, 9.17) is 14.5 Å². The number of nitrogens with zero attached hydrogens (tertiary/aromatic N) is 4. The standard InChI is InChI=1S/C38H37FN4O4/c1-20-25-10-8-14-46-34(25)28(39)17-26(20)33-27-18-31(23-12-13-40-30(16-23)24-15-22-9-7-11-29(22)41-19-24)43(6)36(27)42-21(2)32(33)35(37(44)45)47-38(3,4)5/h7,9,12-13,15-19,35H,8,10-11,14H2,1-6H3,(H,44,45)/t35-/m0/s1. The highest BCUT2D eigenvalue weighted by Gasteiger charge is 2.34. The summed E-state index contributed by atoms with van der Waals surface area (Å²) in [6.07, 6.45) is 8.75. The van der Waals surface area contributed by atoms with Gasteiger partial charge in [-0.3, -0.25) is 9.97 Å². The first-order valence-electron chi connectivity index (χ1n) is 15.9. The van der Waals surface area contributed by atoms with Gasteiger partial charge in [-0.15, -0.1) is 0 Å². The van der Waals surface area contributed by atoms with Crippen molar-refractivity contribution in [2.45, 2.75) is 65.6 Å². The lowest BCUT2D eigenvalue weighted by atomic mass is 9.86. The van der Waals surface area contributed by atoms with Crippen molar-refractivity contribution < 1.29 is 23.8 Å². The quantitative estimate of drug-likeness (QED) is 0.203. The number of ether oxygens (including phenoxy) is 2. The third-order valence-corrected chi connectivity index (χ3v) is 9.03. The number of allylic oxidation sites excluding steroid dienone is 1. The summed E-state index contributed by atoms with van der Waals surface area (Å²) in [5, 5.41) is 11.2. The number of fused-ring (bicyclic) bond motifs is 3. The van der Waals surface area contributed by atoms with Gasteiger partial charge in [-0.05, 0) is 94.5 Å². The summed E-state index contributed by atoms with van der Waals surface area (Å²) < 4.78 is 29.7. The second-order valence-corrected chi connectivity index (χ2v) is 13.3. The number of benzene rings is 1. The van der Waals surface area contributed by atoms with Crippen molar-refractivity contribution in [3.8, 4) is 39.4 Å².